The normalized spacial score (nSPS) is 21.3. The fourth-order valence-electron chi connectivity index (χ4n) is 3.72. The van der Waals surface area contributed by atoms with Crippen LogP contribution in [0.15, 0.2) is 29.2 Å². The van der Waals surface area contributed by atoms with Crippen molar-refractivity contribution in [1.82, 2.24) is 14.5 Å². The van der Waals surface area contributed by atoms with Crippen LogP contribution in [0.4, 0.5) is 0 Å². The van der Waals surface area contributed by atoms with Crippen LogP contribution in [0.2, 0.25) is 0 Å². The molecule has 7 nitrogen and oxygen atoms in total. The highest BCUT2D eigenvalue weighted by atomic mass is 32.2. The Bertz CT molecular complexity index is 837. The van der Waals surface area contributed by atoms with Gasteiger partial charge in [0.15, 0.2) is 0 Å². The van der Waals surface area contributed by atoms with Crippen molar-refractivity contribution in [2.75, 3.05) is 19.6 Å². The van der Waals surface area contributed by atoms with Gasteiger partial charge in [0.05, 0.1) is 10.8 Å². The van der Waals surface area contributed by atoms with Crippen LogP contribution in [0.3, 0.4) is 0 Å². The minimum Gasteiger partial charge on any atom is -0.352 e. The summed E-state index contributed by atoms with van der Waals surface area (Å²) in [7, 11) is -3.42. The molecule has 0 aliphatic carbocycles. The zero-order chi connectivity index (χ0) is 20.5. The lowest BCUT2D eigenvalue weighted by Crippen LogP contribution is -2.43. The number of nitrogens with zero attached hydrogens (tertiary/aromatic N) is 2. The summed E-state index contributed by atoms with van der Waals surface area (Å²) in [6.45, 7) is 7.77. The molecule has 1 unspecified atom stereocenters. The average Bonchev–Trinajstić information content (AvgIpc) is 3.29. The quantitative estimate of drug-likeness (QED) is 0.805. The highest BCUT2D eigenvalue weighted by molar-refractivity contribution is 7.89. The van der Waals surface area contributed by atoms with Gasteiger partial charge in [0.1, 0.15) is 0 Å². The summed E-state index contributed by atoms with van der Waals surface area (Å²) in [6.07, 6.45) is 2.04. The van der Waals surface area contributed by atoms with Gasteiger partial charge in [0.2, 0.25) is 21.8 Å². The average molecular weight is 408 g/mol. The molecule has 0 bridgehead atoms. The number of nitrogens with one attached hydrogen (secondary N) is 1. The van der Waals surface area contributed by atoms with Gasteiger partial charge in [-0.15, -0.1) is 0 Å². The first kappa shape index (κ1) is 20.8. The van der Waals surface area contributed by atoms with Crippen molar-refractivity contribution in [2.24, 2.45) is 5.92 Å². The van der Waals surface area contributed by atoms with Gasteiger partial charge in [-0.3, -0.25) is 9.59 Å². The molecule has 28 heavy (non-hydrogen) atoms. The van der Waals surface area contributed by atoms with Crippen molar-refractivity contribution in [3.8, 4) is 0 Å². The Labute approximate surface area is 167 Å². The van der Waals surface area contributed by atoms with E-state index < -0.39 is 10.0 Å². The van der Waals surface area contributed by atoms with Gasteiger partial charge in [0, 0.05) is 38.1 Å². The largest absolute Gasteiger partial charge is 0.352 e. The molecule has 1 atom stereocenters. The second-order valence-electron chi connectivity index (χ2n) is 8.55. The summed E-state index contributed by atoms with van der Waals surface area (Å²) >= 11 is 0. The van der Waals surface area contributed by atoms with Crippen LogP contribution in [0, 0.1) is 5.92 Å². The first-order chi connectivity index (χ1) is 13.1. The third kappa shape index (κ3) is 4.38. The maximum absolute atomic E-state index is 12.5. The van der Waals surface area contributed by atoms with Gasteiger partial charge in [-0.25, -0.2) is 8.42 Å². The van der Waals surface area contributed by atoms with E-state index in [1.54, 1.807) is 29.2 Å². The van der Waals surface area contributed by atoms with Crippen LogP contribution in [0.25, 0.3) is 0 Å². The molecule has 0 aromatic heterocycles. The van der Waals surface area contributed by atoms with Crippen LogP contribution in [-0.2, 0) is 26.2 Å². The van der Waals surface area contributed by atoms with E-state index >= 15 is 0 Å². The van der Waals surface area contributed by atoms with Gasteiger partial charge < -0.3 is 10.2 Å². The Balaban J connectivity index is 1.57. The highest BCUT2D eigenvalue weighted by Crippen LogP contribution is 2.26. The van der Waals surface area contributed by atoms with E-state index in [9.17, 15) is 18.0 Å². The third-order valence-electron chi connectivity index (χ3n) is 5.40. The van der Waals surface area contributed by atoms with Gasteiger partial charge in [-0.1, -0.05) is 12.1 Å². The van der Waals surface area contributed by atoms with Crippen molar-refractivity contribution in [1.29, 1.82) is 0 Å². The minimum atomic E-state index is -3.42. The van der Waals surface area contributed by atoms with E-state index in [-0.39, 0.29) is 34.6 Å². The van der Waals surface area contributed by atoms with E-state index in [4.69, 9.17) is 0 Å². The SMILES string of the molecule is CC(C)(C)N1CC(C(=O)NCc2ccc(S(=O)(=O)N3CCCC3)cc2)CC1=O. The van der Waals surface area contributed by atoms with Crippen LogP contribution >= 0.6 is 0 Å². The topological polar surface area (TPSA) is 86.8 Å². The lowest BCUT2D eigenvalue weighted by Gasteiger charge is -2.31. The Morgan fingerprint density at radius 2 is 1.75 bits per heavy atom. The zero-order valence-electron chi connectivity index (χ0n) is 16.8. The molecular weight excluding hydrogens is 378 g/mol. The fraction of sp³-hybridized carbons (Fsp3) is 0.600. The molecule has 0 saturated carbocycles. The van der Waals surface area contributed by atoms with Gasteiger partial charge in [-0.05, 0) is 51.3 Å². The number of hydrogen-bond acceptors (Lipinski definition) is 4. The number of amides is 2. The third-order valence-corrected chi connectivity index (χ3v) is 7.31. The lowest BCUT2D eigenvalue weighted by molar-refractivity contribution is -0.132. The summed E-state index contributed by atoms with van der Waals surface area (Å²) in [4.78, 5) is 26.6. The van der Waals surface area contributed by atoms with Crippen LogP contribution in [0.1, 0.15) is 45.6 Å². The predicted octanol–water partition coefficient (Wildman–Crippen LogP) is 1.73. The molecule has 2 heterocycles. The van der Waals surface area contributed by atoms with Crippen molar-refractivity contribution >= 4 is 21.8 Å². The van der Waals surface area contributed by atoms with E-state index in [1.165, 1.54) is 4.31 Å². The molecule has 0 spiro atoms. The molecule has 2 amide bonds. The van der Waals surface area contributed by atoms with Gasteiger partial charge in [0.25, 0.3) is 0 Å². The van der Waals surface area contributed by atoms with E-state index in [1.807, 2.05) is 20.8 Å². The van der Waals surface area contributed by atoms with E-state index in [0.717, 1.165) is 18.4 Å². The Morgan fingerprint density at radius 3 is 2.29 bits per heavy atom. The molecule has 154 valence electrons. The summed E-state index contributed by atoms with van der Waals surface area (Å²) in [5.41, 5.74) is 0.536. The maximum atomic E-state index is 12.5. The summed E-state index contributed by atoms with van der Waals surface area (Å²) < 4.78 is 26.6. The van der Waals surface area contributed by atoms with Crippen LogP contribution in [0.5, 0.6) is 0 Å². The van der Waals surface area contributed by atoms with Crippen molar-refractivity contribution in [3.05, 3.63) is 29.8 Å². The number of likely N-dealkylation sites (tertiary alicyclic amines) is 1. The second kappa shape index (κ2) is 7.83. The second-order valence-corrected chi connectivity index (χ2v) is 10.5. The number of carbonyl (C=O) groups excluding carboxylic acids is 2. The molecule has 8 heteroatoms. The van der Waals surface area contributed by atoms with E-state index in [2.05, 4.69) is 5.32 Å². The molecule has 2 fully saturated rings. The van der Waals surface area contributed by atoms with Crippen molar-refractivity contribution < 1.29 is 18.0 Å². The maximum Gasteiger partial charge on any atom is 0.243 e. The molecule has 1 aromatic rings. The Kier molecular flexibility index (Phi) is 5.82. The van der Waals surface area contributed by atoms with Crippen LogP contribution < -0.4 is 5.32 Å². The smallest absolute Gasteiger partial charge is 0.243 e. The molecule has 2 aliphatic rings. The van der Waals surface area contributed by atoms with Gasteiger partial charge in [-0.2, -0.15) is 4.31 Å². The molecule has 2 saturated heterocycles. The fourth-order valence-corrected chi connectivity index (χ4v) is 5.24. The molecule has 1 N–H and O–H groups in total. The first-order valence-electron chi connectivity index (χ1n) is 9.76. The zero-order valence-corrected chi connectivity index (χ0v) is 17.6. The summed E-state index contributed by atoms with van der Waals surface area (Å²) in [5.74, 6) is -0.487. The number of benzene rings is 1. The molecule has 1 aromatic carbocycles. The molecule has 2 aliphatic heterocycles. The van der Waals surface area contributed by atoms with Crippen molar-refractivity contribution in [3.63, 3.8) is 0 Å². The van der Waals surface area contributed by atoms with Crippen molar-refractivity contribution in [2.45, 2.75) is 57.0 Å². The van der Waals surface area contributed by atoms with Gasteiger partial charge >= 0.3 is 0 Å². The number of hydrogen-bond donors (Lipinski definition) is 1. The minimum absolute atomic E-state index is 0.00382. The standard InChI is InChI=1S/C20H29N3O4S/c1-20(2,3)23-14-16(12-18(23)24)19(25)21-13-15-6-8-17(9-7-15)28(26,27)22-10-4-5-11-22/h6-9,16H,4-5,10-14H2,1-3H3,(H,21,25). The Hall–Kier alpha value is -1.93. The number of rotatable bonds is 5. The monoisotopic (exact) mass is 407 g/mol. The van der Waals surface area contributed by atoms with Crippen LogP contribution in [-0.4, -0.2) is 54.6 Å². The Morgan fingerprint density at radius 1 is 1.14 bits per heavy atom. The molecule has 3 rings (SSSR count). The predicted molar refractivity (Wildman–Crippen MR) is 106 cm³/mol. The number of sulfonamides is 1. The number of carbonyl (C=O) groups is 2. The van der Waals surface area contributed by atoms with E-state index in [0.29, 0.717) is 26.2 Å². The lowest BCUT2D eigenvalue weighted by atomic mass is 10.1. The highest BCUT2D eigenvalue weighted by Gasteiger charge is 2.39. The summed E-state index contributed by atoms with van der Waals surface area (Å²) in [5, 5.41) is 2.87. The summed E-state index contributed by atoms with van der Waals surface area (Å²) in [6, 6.07) is 6.64. The molecular formula is C20H29N3O4S. The first-order valence-corrected chi connectivity index (χ1v) is 11.2. The molecule has 0 radical (unpaired) electrons.